The summed E-state index contributed by atoms with van der Waals surface area (Å²) in [6.45, 7) is 0.889. The molecule has 1 aliphatic heterocycles. The highest BCUT2D eigenvalue weighted by Gasteiger charge is 2.21. The van der Waals surface area contributed by atoms with Crippen molar-refractivity contribution in [1.29, 1.82) is 0 Å². The van der Waals surface area contributed by atoms with Gasteiger partial charge in [-0.15, -0.1) is 0 Å². The smallest absolute Gasteiger partial charge is 0.303 e. The number of carbonyl (C=O) groups is 1. The molecule has 1 atom stereocenters. The lowest BCUT2D eigenvalue weighted by molar-refractivity contribution is -0.137. The lowest BCUT2D eigenvalue weighted by Crippen LogP contribution is -2.29. The third-order valence-corrected chi connectivity index (χ3v) is 4.28. The summed E-state index contributed by atoms with van der Waals surface area (Å²) >= 11 is 0. The van der Waals surface area contributed by atoms with Gasteiger partial charge in [0.05, 0.1) is 0 Å². The van der Waals surface area contributed by atoms with Gasteiger partial charge < -0.3 is 20.6 Å². The van der Waals surface area contributed by atoms with E-state index in [1.165, 1.54) is 0 Å². The zero-order valence-corrected chi connectivity index (χ0v) is 12.8. The first-order chi connectivity index (χ1) is 10.6. The summed E-state index contributed by atoms with van der Waals surface area (Å²) in [6.07, 6.45) is 7.09. The second-order valence-electron chi connectivity index (χ2n) is 6.00. The van der Waals surface area contributed by atoms with Crippen LogP contribution in [0.25, 0.3) is 0 Å². The van der Waals surface area contributed by atoms with E-state index in [9.17, 15) is 15.0 Å². The van der Waals surface area contributed by atoms with Crippen LogP contribution in [-0.4, -0.2) is 27.8 Å². The summed E-state index contributed by atoms with van der Waals surface area (Å²) < 4.78 is 0. The number of fused-ring (bicyclic) bond motifs is 1. The normalized spacial score (nSPS) is 17.2. The molecule has 122 valence electrons. The zero-order chi connectivity index (χ0) is 15.9. The van der Waals surface area contributed by atoms with Crippen LogP contribution in [0.5, 0.6) is 11.5 Å². The minimum atomic E-state index is -0.717. The van der Waals surface area contributed by atoms with Crippen LogP contribution in [0.2, 0.25) is 0 Å². The Hall–Kier alpha value is -1.75. The van der Waals surface area contributed by atoms with E-state index < -0.39 is 5.97 Å². The maximum atomic E-state index is 10.4. The van der Waals surface area contributed by atoms with Crippen LogP contribution >= 0.6 is 0 Å². The molecule has 5 heteroatoms. The SMILES string of the molecule is O=C(O)CCCCCCCC1NCCc2cc(O)c(O)cc21. The predicted octanol–water partition coefficient (Wildman–Crippen LogP) is 3.10. The zero-order valence-electron chi connectivity index (χ0n) is 12.8. The molecule has 1 aromatic carbocycles. The van der Waals surface area contributed by atoms with Crippen molar-refractivity contribution in [1.82, 2.24) is 5.32 Å². The van der Waals surface area contributed by atoms with Crippen LogP contribution in [0.3, 0.4) is 0 Å². The molecule has 0 aromatic heterocycles. The number of hydrogen-bond acceptors (Lipinski definition) is 4. The number of aromatic hydroxyl groups is 2. The lowest BCUT2D eigenvalue weighted by atomic mass is 9.90. The highest BCUT2D eigenvalue weighted by atomic mass is 16.4. The van der Waals surface area contributed by atoms with Gasteiger partial charge in [-0.2, -0.15) is 0 Å². The summed E-state index contributed by atoms with van der Waals surface area (Å²) in [5.41, 5.74) is 2.20. The van der Waals surface area contributed by atoms with Gasteiger partial charge in [-0.3, -0.25) is 4.79 Å². The van der Waals surface area contributed by atoms with E-state index in [-0.39, 0.29) is 24.0 Å². The van der Waals surface area contributed by atoms with Crippen LogP contribution in [0.15, 0.2) is 12.1 Å². The second kappa shape index (κ2) is 8.03. The number of benzene rings is 1. The molecule has 4 N–H and O–H groups in total. The molecular weight excluding hydrogens is 282 g/mol. The molecule has 0 saturated heterocycles. The molecule has 1 unspecified atom stereocenters. The molecule has 2 rings (SSSR count). The molecule has 1 aliphatic rings. The topological polar surface area (TPSA) is 89.8 Å². The van der Waals surface area contributed by atoms with E-state index in [2.05, 4.69) is 5.32 Å². The van der Waals surface area contributed by atoms with Gasteiger partial charge in [-0.1, -0.05) is 25.7 Å². The highest BCUT2D eigenvalue weighted by Crippen LogP contribution is 2.35. The van der Waals surface area contributed by atoms with E-state index in [0.29, 0.717) is 0 Å². The Bertz CT molecular complexity index is 516. The summed E-state index contributed by atoms with van der Waals surface area (Å²) in [4.78, 5) is 10.4. The number of hydrogen-bond donors (Lipinski definition) is 4. The monoisotopic (exact) mass is 307 g/mol. The van der Waals surface area contributed by atoms with Gasteiger partial charge in [-0.25, -0.2) is 0 Å². The van der Waals surface area contributed by atoms with Crippen molar-refractivity contribution < 1.29 is 20.1 Å². The Balaban J connectivity index is 1.76. The number of phenols is 2. The van der Waals surface area contributed by atoms with Crippen LogP contribution in [0.1, 0.15) is 62.1 Å². The quantitative estimate of drug-likeness (QED) is 0.438. The number of carboxylic acid groups (broad SMARTS) is 1. The number of unbranched alkanes of at least 4 members (excludes halogenated alkanes) is 4. The molecule has 0 saturated carbocycles. The molecular formula is C17H25NO4. The first-order valence-electron chi connectivity index (χ1n) is 8.08. The van der Waals surface area contributed by atoms with E-state index in [1.54, 1.807) is 12.1 Å². The van der Waals surface area contributed by atoms with E-state index in [0.717, 1.165) is 62.6 Å². The molecule has 1 aromatic rings. The molecule has 22 heavy (non-hydrogen) atoms. The average Bonchev–Trinajstić information content (AvgIpc) is 2.47. The Morgan fingerprint density at radius 2 is 1.77 bits per heavy atom. The van der Waals surface area contributed by atoms with Crippen molar-refractivity contribution in [3.8, 4) is 11.5 Å². The van der Waals surface area contributed by atoms with Crippen molar-refractivity contribution in [2.75, 3.05) is 6.54 Å². The summed E-state index contributed by atoms with van der Waals surface area (Å²) in [5, 5.41) is 31.3. The molecule has 0 aliphatic carbocycles. The van der Waals surface area contributed by atoms with Gasteiger partial charge in [0.2, 0.25) is 0 Å². The standard InChI is InChI=1S/C17H25NO4/c19-15-10-12-8-9-18-14(13(12)11-16(15)20)6-4-2-1-3-5-7-17(21)22/h10-11,14,18-20H,1-9H2,(H,21,22). The molecule has 0 amide bonds. The van der Waals surface area contributed by atoms with Crippen LogP contribution in [-0.2, 0) is 11.2 Å². The van der Waals surface area contributed by atoms with E-state index in [4.69, 9.17) is 5.11 Å². The molecule has 0 spiro atoms. The summed E-state index contributed by atoms with van der Waals surface area (Å²) in [7, 11) is 0. The second-order valence-corrected chi connectivity index (χ2v) is 6.00. The van der Waals surface area contributed by atoms with Gasteiger partial charge in [-0.05, 0) is 49.1 Å². The average molecular weight is 307 g/mol. The minimum Gasteiger partial charge on any atom is -0.504 e. The fourth-order valence-electron chi connectivity index (χ4n) is 3.08. The lowest BCUT2D eigenvalue weighted by Gasteiger charge is -2.27. The highest BCUT2D eigenvalue weighted by molar-refractivity contribution is 5.66. The van der Waals surface area contributed by atoms with Gasteiger partial charge >= 0.3 is 5.97 Å². The third-order valence-electron chi connectivity index (χ3n) is 4.28. The van der Waals surface area contributed by atoms with Crippen molar-refractivity contribution >= 4 is 5.97 Å². The van der Waals surface area contributed by atoms with Crippen molar-refractivity contribution in [3.05, 3.63) is 23.3 Å². The maximum absolute atomic E-state index is 10.4. The number of phenolic OH excluding ortho intramolecular Hbond substituents is 2. The number of carboxylic acids is 1. The van der Waals surface area contributed by atoms with Crippen molar-refractivity contribution in [3.63, 3.8) is 0 Å². The van der Waals surface area contributed by atoms with Crippen molar-refractivity contribution in [2.24, 2.45) is 0 Å². The Morgan fingerprint density at radius 1 is 1.09 bits per heavy atom. The molecule has 5 nitrogen and oxygen atoms in total. The molecule has 1 heterocycles. The largest absolute Gasteiger partial charge is 0.504 e. The molecule has 0 fully saturated rings. The maximum Gasteiger partial charge on any atom is 0.303 e. The van der Waals surface area contributed by atoms with Crippen LogP contribution < -0.4 is 5.32 Å². The summed E-state index contributed by atoms with van der Waals surface area (Å²) in [6, 6.07) is 3.58. The third kappa shape index (κ3) is 4.63. The predicted molar refractivity (Wildman–Crippen MR) is 84.2 cm³/mol. The first-order valence-corrected chi connectivity index (χ1v) is 8.08. The fourth-order valence-corrected chi connectivity index (χ4v) is 3.08. The number of nitrogens with one attached hydrogen (secondary N) is 1. The molecule has 0 bridgehead atoms. The van der Waals surface area contributed by atoms with Gasteiger partial charge in [0.25, 0.3) is 0 Å². The first kappa shape index (κ1) is 16.6. The van der Waals surface area contributed by atoms with Crippen LogP contribution in [0.4, 0.5) is 0 Å². The van der Waals surface area contributed by atoms with E-state index >= 15 is 0 Å². The van der Waals surface area contributed by atoms with Gasteiger partial charge in [0, 0.05) is 12.5 Å². The Labute approximate surface area is 131 Å². The minimum absolute atomic E-state index is 0.0437. The number of aliphatic carboxylic acids is 1. The van der Waals surface area contributed by atoms with Gasteiger partial charge in [0.1, 0.15) is 0 Å². The Kier molecular flexibility index (Phi) is 6.07. The van der Waals surface area contributed by atoms with Crippen LogP contribution in [0, 0.1) is 0 Å². The fraction of sp³-hybridized carbons (Fsp3) is 0.588. The van der Waals surface area contributed by atoms with Crippen molar-refractivity contribution in [2.45, 2.75) is 57.4 Å². The summed E-state index contributed by atoms with van der Waals surface area (Å²) in [5.74, 6) is -0.815. The number of rotatable bonds is 8. The Morgan fingerprint density at radius 3 is 2.55 bits per heavy atom. The molecule has 0 radical (unpaired) electrons. The van der Waals surface area contributed by atoms with E-state index in [1.807, 2.05) is 0 Å². The van der Waals surface area contributed by atoms with Gasteiger partial charge in [0.15, 0.2) is 11.5 Å².